The summed E-state index contributed by atoms with van der Waals surface area (Å²) in [6, 6.07) is 8.38. The minimum Gasteiger partial charge on any atom is -0.366 e. The second-order valence-electron chi connectivity index (χ2n) is 6.64. The van der Waals surface area contributed by atoms with Crippen molar-refractivity contribution in [3.05, 3.63) is 24.4 Å². The van der Waals surface area contributed by atoms with Crippen LogP contribution in [0.2, 0.25) is 0 Å². The van der Waals surface area contributed by atoms with Crippen LogP contribution < -0.4 is 4.90 Å². The first kappa shape index (κ1) is 11.5. The van der Waals surface area contributed by atoms with E-state index in [0.29, 0.717) is 0 Å². The quantitative estimate of drug-likeness (QED) is 0.864. The Hall–Kier alpha value is -1.13. The van der Waals surface area contributed by atoms with Crippen molar-refractivity contribution < 1.29 is 0 Å². The Kier molecular flexibility index (Phi) is 2.41. The van der Waals surface area contributed by atoms with Gasteiger partial charge in [0.15, 0.2) is 0 Å². The fraction of sp³-hybridized carbons (Fsp3) is 0.562. The molecule has 0 unspecified atom stereocenters. The summed E-state index contributed by atoms with van der Waals surface area (Å²) in [5.74, 6) is 1.02. The Morgan fingerprint density at radius 1 is 1.20 bits per heavy atom. The van der Waals surface area contributed by atoms with E-state index in [1.807, 2.05) is 6.20 Å². The third-order valence-electron chi connectivity index (χ3n) is 5.22. The molecule has 1 aromatic carbocycles. The first-order valence-electron chi connectivity index (χ1n) is 7.72. The molecule has 1 aliphatic carbocycles. The van der Waals surface area contributed by atoms with Crippen LogP contribution in [-0.2, 0) is 0 Å². The van der Waals surface area contributed by atoms with Crippen molar-refractivity contribution in [1.82, 2.24) is 9.27 Å². The summed E-state index contributed by atoms with van der Waals surface area (Å²) in [4.78, 5) is 5.39. The molecule has 5 rings (SSSR count). The SMILES string of the molecule is c1cc2cnsc2cc1N1C[C@@H]2C[C@H]1CN2CC1CC1. The molecule has 0 N–H and O–H groups in total. The van der Waals surface area contributed by atoms with Crippen LogP contribution in [0.3, 0.4) is 0 Å². The first-order valence-corrected chi connectivity index (χ1v) is 8.49. The van der Waals surface area contributed by atoms with Crippen LogP contribution in [0, 0.1) is 5.92 Å². The molecule has 3 fully saturated rings. The summed E-state index contributed by atoms with van der Waals surface area (Å²) < 4.78 is 5.60. The first-order chi connectivity index (χ1) is 9.87. The zero-order chi connectivity index (χ0) is 13.1. The number of hydrogen-bond acceptors (Lipinski definition) is 4. The van der Waals surface area contributed by atoms with Crippen molar-refractivity contribution in [3.63, 3.8) is 0 Å². The number of fused-ring (bicyclic) bond motifs is 3. The van der Waals surface area contributed by atoms with Gasteiger partial charge in [-0.1, -0.05) is 0 Å². The van der Waals surface area contributed by atoms with Gasteiger partial charge in [0, 0.05) is 49.0 Å². The molecule has 3 nitrogen and oxygen atoms in total. The molecular weight excluding hydrogens is 266 g/mol. The van der Waals surface area contributed by atoms with E-state index in [1.165, 1.54) is 54.7 Å². The average molecular weight is 285 g/mol. The highest BCUT2D eigenvalue weighted by Crippen LogP contribution is 2.39. The van der Waals surface area contributed by atoms with E-state index in [4.69, 9.17) is 0 Å². The summed E-state index contributed by atoms with van der Waals surface area (Å²) in [6.07, 6.45) is 6.28. The highest BCUT2D eigenvalue weighted by atomic mass is 32.1. The summed E-state index contributed by atoms with van der Waals surface area (Å²) >= 11 is 1.61. The molecule has 1 aromatic heterocycles. The maximum atomic E-state index is 4.28. The molecule has 20 heavy (non-hydrogen) atoms. The van der Waals surface area contributed by atoms with E-state index in [9.17, 15) is 0 Å². The monoisotopic (exact) mass is 285 g/mol. The number of piperazine rings is 1. The van der Waals surface area contributed by atoms with Gasteiger partial charge in [-0.2, -0.15) is 4.37 Å². The van der Waals surface area contributed by atoms with Gasteiger partial charge in [-0.15, -0.1) is 0 Å². The number of rotatable bonds is 3. The molecule has 2 aromatic rings. The second-order valence-corrected chi connectivity index (χ2v) is 7.47. The molecule has 2 bridgehead atoms. The van der Waals surface area contributed by atoms with E-state index in [-0.39, 0.29) is 0 Å². The lowest BCUT2D eigenvalue weighted by atomic mass is 10.2. The number of anilines is 1. The smallest absolute Gasteiger partial charge is 0.0570 e. The number of benzene rings is 1. The maximum Gasteiger partial charge on any atom is 0.0570 e. The van der Waals surface area contributed by atoms with Crippen molar-refractivity contribution in [2.24, 2.45) is 5.92 Å². The maximum absolute atomic E-state index is 4.28. The molecule has 3 heterocycles. The van der Waals surface area contributed by atoms with Gasteiger partial charge >= 0.3 is 0 Å². The summed E-state index contributed by atoms with van der Waals surface area (Å²) in [5.41, 5.74) is 1.40. The molecule has 1 saturated carbocycles. The van der Waals surface area contributed by atoms with Crippen LogP contribution in [0.5, 0.6) is 0 Å². The van der Waals surface area contributed by atoms with Gasteiger partial charge in [-0.05, 0) is 54.9 Å². The highest BCUT2D eigenvalue weighted by molar-refractivity contribution is 7.13. The van der Waals surface area contributed by atoms with Gasteiger partial charge in [0.25, 0.3) is 0 Å². The van der Waals surface area contributed by atoms with Gasteiger partial charge in [-0.3, -0.25) is 4.90 Å². The van der Waals surface area contributed by atoms with Crippen molar-refractivity contribution in [2.45, 2.75) is 31.3 Å². The Labute approximate surface area is 123 Å². The van der Waals surface area contributed by atoms with Gasteiger partial charge in [-0.25, -0.2) is 0 Å². The number of nitrogens with zero attached hydrogens (tertiary/aromatic N) is 3. The third-order valence-corrected chi connectivity index (χ3v) is 5.98. The van der Waals surface area contributed by atoms with Crippen molar-refractivity contribution in [3.8, 4) is 0 Å². The molecule has 0 radical (unpaired) electrons. The molecule has 4 heteroatoms. The van der Waals surface area contributed by atoms with E-state index >= 15 is 0 Å². The zero-order valence-electron chi connectivity index (χ0n) is 11.5. The van der Waals surface area contributed by atoms with E-state index in [0.717, 1.165) is 18.0 Å². The Morgan fingerprint density at radius 3 is 2.95 bits per heavy atom. The van der Waals surface area contributed by atoms with Gasteiger partial charge in [0.05, 0.1) is 4.70 Å². The van der Waals surface area contributed by atoms with Crippen molar-refractivity contribution >= 4 is 27.3 Å². The summed E-state index contributed by atoms with van der Waals surface area (Å²) in [6.45, 7) is 3.87. The van der Waals surface area contributed by atoms with E-state index in [2.05, 4.69) is 32.4 Å². The lowest BCUT2D eigenvalue weighted by Gasteiger charge is -2.35. The fourth-order valence-electron chi connectivity index (χ4n) is 3.95. The van der Waals surface area contributed by atoms with Gasteiger partial charge in [0.2, 0.25) is 0 Å². The Morgan fingerprint density at radius 2 is 2.15 bits per heavy atom. The molecule has 2 aliphatic heterocycles. The topological polar surface area (TPSA) is 19.4 Å². The summed E-state index contributed by atoms with van der Waals surface area (Å²) in [7, 11) is 0. The standard InChI is InChI=1S/C16H19N3S/c1-2-11(1)8-18-9-15-5-14(18)10-19(15)13-4-3-12-7-17-20-16(12)6-13/h3-4,6-7,11,14-15H,1-2,5,8-10H2/t14-,15-/m0/s1. The largest absolute Gasteiger partial charge is 0.366 e. The average Bonchev–Trinajstić information content (AvgIpc) is 2.91. The Bertz CT molecular complexity index is 648. The molecule has 104 valence electrons. The minimum absolute atomic E-state index is 0.740. The molecule has 0 amide bonds. The fourth-order valence-corrected chi connectivity index (χ4v) is 4.63. The lowest BCUT2D eigenvalue weighted by Crippen LogP contribution is -2.47. The molecule has 0 spiro atoms. The number of hydrogen-bond donors (Lipinski definition) is 0. The Balaban J connectivity index is 1.38. The predicted octanol–water partition coefficient (Wildman–Crippen LogP) is 2.97. The van der Waals surface area contributed by atoms with Crippen LogP contribution in [0.15, 0.2) is 24.4 Å². The lowest BCUT2D eigenvalue weighted by molar-refractivity contribution is 0.229. The molecule has 2 saturated heterocycles. The highest BCUT2D eigenvalue weighted by Gasteiger charge is 2.44. The van der Waals surface area contributed by atoms with Crippen LogP contribution in [0.4, 0.5) is 5.69 Å². The van der Waals surface area contributed by atoms with Crippen molar-refractivity contribution in [1.29, 1.82) is 0 Å². The minimum atomic E-state index is 0.740. The van der Waals surface area contributed by atoms with E-state index < -0.39 is 0 Å². The van der Waals surface area contributed by atoms with Crippen molar-refractivity contribution in [2.75, 3.05) is 24.5 Å². The second kappa shape index (κ2) is 4.18. The molecular formula is C16H19N3S. The van der Waals surface area contributed by atoms with Crippen LogP contribution in [0.25, 0.3) is 10.1 Å². The third kappa shape index (κ3) is 1.78. The van der Waals surface area contributed by atoms with Crippen LogP contribution in [0.1, 0.15) is 19.3 Å². The van der Waals surface area contributed by atoms with Crippen LogP contribution in [-0.4, -0.2) is 41.0 Å². The molecule has 3 aliphatic rings. The summed E-state index contributed by atoms with van der Waals surface area (Å²) in [5, 5.41) is 1.28. The zero-order valence-corrected chi connectivity index (χ0v) is 12.4. The van der Waals surface area contributed by atoms with Gasteiger partial charge < -0.3 is 4.90 Å². The number of aromatic nitrogens is 1. The number of likely N-dealkylation sites (tertiary alicyclic amines) is 1. The van der Waals surface area contributed by atoms with E-state index in [1.54, 1.807) is 11.5 Å². The normalized spacial score (nSPS) is 29.7. The van der Waals surface area contributed by atoms with Gasteiger partial charge in [0.1, 0.15) is 0 Å². The molecule has 2 atom stereocenters. The predicted molar refractivity (Wildman–Crippen MR) is 83.5 cm³/mol. The van der Waals surface area contributed by atoms with Crippen LogP contribution >= 0.6 is 11.5 Å².